The number of aliphatic hydroxyl groups excluding tert-OH is 5. The summed E-state index contributed by atoms with van der Waals surface area (Å²) in [6.07, 6.45) is 5.51. The minimum Gasteiger partial charge on any atom is -0.448 e. The second-order valence-electron chi connectivity index (χ2n) is 19.4. The smallest absolute Gasteiger partial charge is 0.448 e. The number of ether oxygens (including phenoxy) is 4. The van der Waals surface area contributed by atoms with E-state index in [4.69, 9.17) is 33.2 Å². The van der Waals surface area contributed by atoms with Gasteiger partial charge in [-0.1, -0.05) is 83.6 Å². The molecular formula is C49H79N4O15P. The fourth-order valence-corrected chi connectivity index (χ4v) is 9.51. The highest BCUT2D eigenvalue weighted by Crippen LogP contribution is 2.59. The molecule has 0 aromatic carbocycles. The van der Waals surface area contributed by atoms with E-state index in [-0.39, 0.29) is 44.2 Å². The molecule has 3 heterocycles. The van der Waals surface area contributed by atoms with E-state index >= 15 is 0 Å². The summed E-state index contributed by atoms with van der Waals surface area (Å²) in [5.74, 6) is -3.62. The second-order valence-corrected chi connectivity index (χ2v) is 20.6. The van der Waals surface area contributed by atoms with Crippen LogP contribution >= 0.6 is 7.82 Å². The van der Waals surface area contributed by atoms with E-state index in [1.807, 2.05) is 58.9 Å². The molecule has 390 valence electrons. The number of aliphatic hydroxyl groups is 5. The number of hydrogen-bond donors (Lipinski definition) is 8. The van der Waals surface area contributed by atoms with Crippen LogP contribution in [0, 0.1) is 34.5 Å². The zero-order valence-corrected chi connectivity index (χ0v) is 43.1. The van der Waals surface area contributed by atoms with Gasteiger partial charge in [0.15, 0.2) is 17.8 Å². The van der Waals surface area contributed by atoms with E-state index in [0.29, 0.717) is 18.0 Å². The first kappa shape index (κ1) is 59.9. The number of phosphoric acid groups is 1. The lowest BCUT2D eigenvalue weighted by molar-refractivity contribution is -0.334. The minimum absolute atomic E-state index is 0.0641. The largest absolute Gasteiger partial charge is 0.469 e. The van der Waals surface area contributed by atoms with Gasteiger partial charge in [0.25, 0.3) is 5.91 Å². The lowest BCUT2D eigenvalue weighted by Crippen LogP contribution is -2.58. The molecule has 1 amide bonds. The van der Waals surface area contributed by atoms with Crippen molar-refractivity contribution in [2.45, 2.75) is 154 Å². The average molecular weight is 995 g/mol. The van der Waals surface area contributed by atoms with E-state index in [0.717, 1.165) is 11.1 Å². The Hall–Kier alpha value is -3.42. The maximum Gasteiger partial charge on any atom is 0.469 e. The number of carbonyl (C=O) groups excluding carboxylic acids is 1. The summed E-state index contributed by atoms with van der Waals surface area (Å²) in [6.45, 7) is 14.7. The highest BCUT2D eigenvalue weighted by Gasteiger charge is 2.68. The highest BCUT2D eigenvalue weighted by atomic mass is 31.2. The zero-order chi connectivity index (χ0) is 52.0. The molecule has 0 radical (unpaired) electrons. The van der Waals surface area contributed by atoms with Crippen molar-refractivity contribution in [2.24, 2.45) is 23.2 Å². The van der Waals surface area contributed by atoms with Crippen LogP contribution in [0.2, 0.25) is 0 Å². The minimum atomic E-state index is -5.15. The Morgan fingerprint density at radius 2 is 1.75 bits per heavy atom. The Bertz CT molecular complexity index is 2030. The van der Waals surface area contributed by atoms with Gasteiger partial charge in [0.1, 0.15) is 30.3 Å². The summed E-state index contributed by atoms with van der Waals surface area (Å²) in [5.41, 5.74) is 1.06. The summed E-state index contributed by atoms with van der Waals surface area (Å²) in [6, 6.07) is 1.33. The molecule has 2 aliphatic heterocycles. The first-order valence-corrected chi connectivity index (χ1v) is 24.9. The number of phosphoric ester groups is 1. The molecule has 0 aliphatic carbocycles. The summed E-state index contributed by atoms with van der Waals surface area (Å²) >= 11 is 0. The predicted molar refractivity (Wildman–Crippen MR) is 258 cm³/mol. The molecule has 8 N–H and O–H groups in total. The van der Waals surface area contributed by atoms with Crippen molar-refractivity contribution in [3.63, 3.8) is 0 Å². The maximum atomic E-state index is 12.6. The predicted octanol–water partition coefficient (Wildman–Crippen LogP) is 4.30. The SMILES string of the molecule is COC[C@@H]([C@H](O)[C@H](O)C(=O)NCC[C@H](C)c1nc(/C=C/C[C@@H]2O[C@]3(C[C@@H](O)[C@@H]2C)O[C@H]([C@H](C[C@H](O)[C@H](C)[C@H](O)[C@H](C)/C=C(C)/C(C)=C\C=C\C=C\C#N)OC)[C@H](OP(=O)(O)O)C3(C)C)co1)N(C)C. The first-order chi connectivity index (χ1) is 32.2. The number of likely N-dealkylation sites (N-methyl/N-ethyl adjacent to an activating group) is 1. The van der Waals surface area contributed by atoms with Crippen molar-refractivity contribution in [1.29, 1.82) is 5.26 Å². The van der Waals surface area contributed by atoms with Crippen LogP contribution in [0.5, 0.6) is 0 Å². The van der Waals surface area contributed by atoms with Gasteiger partial charge in [0, 0.05) is 68.8 Å². The van der Waals surface area contributed by atoms with Crippen LogP contribution < -0.4 is 5.32 Å². The number of amides is 1. The van der Waals surface area contributed by atoms with Crippen molar-refractivity contribution >= 4 is 19.8 Å². The third kappa shape index (κ3) is 16.3. The highest BCUT2D eigenvalue weighted by molar-refractivity contribution is 7.46. The van der Waals surface area contributed by atoms with Crippen LogP contribution in [-0.2, 0) is 32.8 Å². The summed E-state index contributed by atoms with van der Waals surface area (Å²) in [7, 11) is 1.12. The second kappa shape index (κ2) is 26.9. The molecule has 0 unspecified atom stereocenters. The molecule has 0 bridgehead atoms. The number of rotatable bonds is 26. The van der Waals surface area contributed by atoms with Crippen LogP contribution in [0.4, 0.5) is 0 Å². The van der Waals surface area contributed by atoms with Gasteiger partial charge >= 0.3 is 7.82 Å². The number of allylic oxidation sites excluding steroid dienone is 7. The quantitative estimate of drug-likeness (QED) is 0.0365. The topological polar surface area (TPSA) is 287 Å². The Morgan fingerprint density at radius 1 is 1.07 bits per heavy atom. The molecule has 1 spiro atoms. The molecular weight excluding hydrogens is 916 g/mol. The Balaban J connectivity index is 1.74. The molecule has 1 aromatic rings. The summed E-state index contributed by atoms with van der Waals surface area (Å²) in [4.78, 5) is 39.2. The van der Waals surface area contributed by atoms with Gasteiger partial charge in [-0.3, -0.25) is 9.32 Å². The number of aromatic nitrogens is 1. The van der Waals surface area contributed by atoms with Crippen molar-refractivity contribution in [2.75, 3.05) is 41.5 Å². The van der Waals surface area contributed by atoms with Crippen LogP contribution in [-0.4, -0.2) is 159 Å². The normalized spacial score (nSPS) is 27.7. The first-order valence-electron chi connectivity index (χ1n) is 23.4. The number of oxazole rings is 1. The zero-order valence-electron chi connectivity index (χ0n) is 42.2. The molecule has 20 heteroatoms. The van der Waals surface area contributed by atoms with Gasteiger partial charge in [-0.05, 0) is 52.4 Å². The fourth-order valence-electron chi connectivity index (χ4n) is 8.83. The number of nitrogens with one attached hydrogen (secondary N) is 1. The number of hydrogen-bond acceptors (Lipinski definition) is 16. The monoisotopic (exact) mass is 995 g/mol. The Kier molecular flexibility index (Phi) is 23.3. The molecule has 2 aliphatic rings. The lowest BCUT2D eigenvalue weighted by Gasteiger charge is -2.50. The number of carbonyl (C=O) groups is 1. The van der Waals surface area contributed by atoms with Gasteiger partial charge in [0.2, 0.25) is 0 Å². The Labute approximate surface area is 407 Å². The molecule has 2 fully saturated rings. The molecule has 1 aromatic heterocycles. The van der Waals surface area contributed by atoms with Gasteiger partial charge in [0.05, 0.1) is 49.2 Å². The Morgan fingerprint density at radius 3 is 2.36 bits per heavy atom. The van der Waals surface area contributed by atoms with Crippen molar-refractivity contribution in [3.05, 3.63) is 71.5 Å². The molecule has 2 saturated heterocycles. The van der Waals surface area contributed by atoms with E-state index in [9.17, 15) is 44.7 Å². The van der Waals surface area contributed by atoms with Crippen LogP contribution in [0.15, 0.2) is 64.4 Å². The van der Waals surface area contributed by atoms with Crippen molar-refractivity contribution in [3.8, 4) is 6.07 Å². The van der Waals surface area contributed by atoms with E-state index in [1.165, 1.54) is 26.6 Å². The molecule has 0 saturated carbocycles. The summed E-state index contributed by atoms with van der Waals surface area (Å²) < 4.78 is 48.2. The van der Waals surface area contributed by atoms with Crippen LogP contribution in [0.3, 0.4) is 0 Å². The lowest BCUT2D eigenvalue weighted by atomic mass is 9.72. The standard InChI is InChI=1S/C49H79N4O15P/c1-29(18-15-13-14-16-22-50)31(3)24-32(4)41(56)34(6)37(54)25-40(64-12)44-45(68-69(60,61)62)48(7,8)49(67-44)26-38(55)33(5)39(66-49)20-17-19-35-27-65-47(52-35)30(2)21-23-51-46(59)43(58)42(57)36(28-63-11)53(9)10/h13-19,24,27,30,32-34,36-45,54-58H,20-21,23,25-26,28H2,1-12H3,(H,51,59)(H2,60,61,62)/b15-13+,16-14+,19-17+,29-18-,31-24+/t30-,32+,33-,34-,36-,37-,38+,39-,40-,41+,42-,43-,44+,45-,49+/m0/s1. The third-order valence-electron chi connectivity index (χ3n) is 13.8. The van der Waals surface area contributed by atoms with Crippen molar-refractivity contribution in [1.82, 2.24) is 15.2 Å². The van der Waals surface area contributed by atoms with Crippen LogP contribution in [0.25, 0.3) is 6.08 Å². The maximum absolute atomic E-state index is 12.6. The summed E-state index contributed by atoms with van der Waals surface area (Å²) in [5, 5.41) is 66.8. The molecule has 69 heavy (non-hydrogen) atoms. The number of methoxy groups -OCH3 is 2. The molecule has 15 atom stereocenters. The number of nitrogens with zero attached hydrogens (tertiary/aromatic N) is 3. The van der Waals surface area contributed by atoms with Crippen molar-refractivity contribution < 1.29 is 72.6 Å². The average Bonchev–Trinajstić information content (AvgIpc) is 3.84. The van der Waals surface area contributed by atoms with Gasteiger partial charge < -0.3 is 68.9 Å². The van der Waals surface area contributed by atoms with Crippen LogP contribution in [0.1, 0.15) is 98.6 Å². The van der Waals surface area contributed by atoms with Gasteiger partial charge in [-0.15, -0.1) is 0 Å². The van der Waals surface area contributed by atoms with Gasteiger partial charge in [-0.2, -0.15) is 5.26 Å². The molecule has 3 rings (SSSR count). The van der Waals surface area contributed by atoms with Gasteiger partial charge in [-0.25, -0.2) is 9.55 Å². The van der Waals surface area contributed by atoms with E-state index in [2.05, 4.69) is 10.3 Å². The van der Waals surface area contributed by atoms with E-state index < -0.39 is 97.7 Å². The fraction of sp³-hybridized carbons (Fsp3) is 0.694. The number of nitriles is 1. The molecule has 19 nitrogen and oxygen atoms in total. The third-order valence-corrected chi connectivity index (χ3v) is 14.3. The van der Waals surface area contributed by atoms with E-state index in [1.54, 1.807) is 64.1 Å².